The van der Waals surface area contributed by atoms with Crippen LogP contribution in [0.5, 0.6) is 0 Å². The molecule has 0 radical (unpaired) electrons. The number of methoxy groups -OCH3 is 1. The van der Waals surface area contributed by atoms with Crippen molar-refractivity contribution >= 4 is 0 Å². The normalized spacial score (nSPS) is 12.6. The number of nitrogens with two attached hydrogens (primary N) is 1. The van der Waals surface area contributed by atoms with Gasteiger partial charge in [0.15, 0.2) is 0 Å². The fourth-order valence-electron chi connectivity index (χ4n) is 1.55. The van der Waals surface area contributed by atoms with Crippen LogP contribution in [0, 0.1) is 5.82 Å². The van der Waals surface area contributed by atoms with Crippen LogP contribution in [0.4, 0.5) is 4.39 Å². The average Bonchev–Trinajstić information content (AvgIpc) is 2.78. The van der Waals surface area contributed by atoms with E-state index < -0.39 is 0 Å². The van der Waals surface area contributed by atoms with Crippen LogP contribution < -0.4 is 5.73 Å². The van der Waals surface area contributed by atoms with Gasteiger partial charge in [-0.15, -0.1) is 0 Å². The molecular weight excluding hydrogens is 237 g/mol. The minimum absolute atomic E-state index is 0.184. The van der Waals surface area contributed by atoms with Gasteiger partial charge in [-0.25, -0.2) is 4.39 Å². The Morgan fingerprint density at radius 1 is 1.39 bits per heavy atom. The van der Waals surface area contributed by atoms with Crippen LogP contribution in [-0.4, -0.2) is 29.9 Å². The molecule has 1 unspecified atom stereocenters. The second-order valence-electron chi connectivity index (χ2n) is 3.94. The van der Waals surface area contributed by atoms with Crippen LogP contribution in [-0.2, 0) is 11.2 Å². The van der Waals surface area contributed by atoms with E-state index in [0.29, 0.717) is 30.3 Å². The third kappa shape index (κ3) is 3.12. The van der Waals surface area contributed by atoms with Gasteiger partial charge in [-0.1, -0.05) is 5.16 Å². The third-order valence-electron chi connectivity index (χ3n) is 2.39. The SMILES string of the molecule is COCC(N)Cc1nc(-c2ccc(F)cc2)no1. The molecule has 0 aliphatic heterocycles. The molecule has 0 spiro atoms. The monoisotopic (exact) mass is 251 g/mol. The molecule has 6 heteroatoms. The minimum Gasteiger partial charge on any atom is -0.383 e. The zero-order chi connectivity index (χ0) is 13.0. The van der Waals surface area contributed by atoms with Gasteiger partial charge in [-0.3, -0.25) is 0 Å². The van der Waals surface area contributed by atoms with Crippen molar-refractivity contribution in [2.75, 3.05) is 13.7 Å². The Morgan fingerprint density at radius 3 is 2.78 bits per heavy atom. The molecule has 1 heterocycles. The van der Waals surface area contributed by atoms with E-state index in [1.165, 1.54) is 12.1 Å². The Bertz CT molecular complexity index is 498. The summed E-state index contributed by atoms with van der Waals surface area (Å²) < 4.78 is 22.8. The van der Waals surface area contributed by atoms with E-state index in [1.54, 1.807) is 19.2 Å². The molecule has 0 aliphatic rings. The standard InChI is InChI=1S/C12H14FN3O2/c1-17-7-10(14)6-11-15-12(16-18-11)8-2-4-9(13)5-3-8/h2-5,10H,6-7,14H2,1H3. The quantitative estimate of drug-likeness (QED) is 0.869. The number of hydrogen-bond acceptors (Lipinski definition) is 5. The van der Waals surface area contributed by atoms with E-state index in [2.05, 4.69) is 10.1 Å². The summed E-state index contributed by atoms with van der Waals surface area (Å²) in [5.41, 5.74) is 6.48. The minimum atomic E-state index is -0.301. The van der Waals surface area contributed by atoms with Crippen molar-refractivity contribution in [3.05, 3.63) is 36.0 Å². The number of hydrogen-bond donors (Lipinski definition) is 1. The van der Waals surface area contributed by atoms with Crippen LogP contribution >= 0.6 is 0 Å². The van der Waals surface area contributed by atoms with E-state index in [9.17, 15) is 4.39 Å². The van der Waals surface area contributed by atoms with Gasteiger partial charge < -0.3 is 15.0 Å². The zero-order valence-corrected chi connectivity index (χ0v) is 9.97. The number of aromatic nitrogens is 2. The number of benzene rings is 1. The lowest BCUT2D eigenvalue weighted by Crippen LogP contribution is -2.28. The number of rotatable bonds is 5. The first kappa shape index (κ1) is 12.7. The Hall–Kier alpha value is -1.79. The Labute approximate surface area is 104 Å². The number of halogens is 1. The average molecular weight is 251 g/mol. The smallest absolute Gasteiger partial charge is 0.228 e. The lowest BCUT2D eigenvalue weighted by atomic mass is 10.2. The first-order valence-corrected chi connectivity index (χ1v) is 5.52. The highest BCUT2D eigenvalue weighted by Gasteiger charge is 2.12. The summed E-state index contributed by atoms with van der Waals surface area (Å²) >= 11 is 0. The van der Waals surface area contributed by atoms with Crippen molar-refractivity contribution in [1.29, 1.82) is 0 Å². The second kappa shape index (κ2) is 5.70. The van der Waals surface area contributed by atoms with Crippen molar-refractivity contribution in [1.82, 2.24) is 10.1 Å². The first-order valence-electron chi connectivity index (χ1n) is 5.52. The van der Waals surface area contributed by atoms with E-state index >= 15 is 0 Å². The molecule has 18 heavy (non-hydrogen) atoms. The summed E-state index contributed by atoms with van der Waals surface area (Å²) in [4.78, 5) is 4.20. The fourth-order valence-corrected chi connectivity index (χ4v) is 1.55. The van der Waals surface area contributed by atoms with Crippen molar-refractivity contribution in [3.8, 4) is 11.4 Å². The predicted molar refractivity (Wildman–Crippen MR) is 63.2 cm³/mol. The van der Waals surface area contributed by atoms with Crippen LogP contribution in [0.15, 0.2) is 28.8 Å². The molecule has 0 saturated heterocycles. The summed E-state index contributed by atoms with van der Waals surface area (Å²) in [6.45, 7) is 0.425. The van der Waals surface area contributed by atoms with Crippen molar-refractivity contribution in [2.45, 2.75) is 12.5 Å². The number of ether oxygens (including phenoxy) is 1. The van der Waals surface area contributed by atoms with E-state index in [1.807, 2.05) is 0 Å². The summed E-state index contributed by atoms with van der Waals surface area (Å²) in [5.74, 6) is 0.568. The molecule has 0 bridgehead atoms. The second-order valence-corrected chi connectivity index (χ2v) is 3.94. The maximum absolute atomic E-state index is 12.8. The third-order valence-corrected chi connectivity index (χ3v) is 2.39. The largest absolute Gasteiger partial charge is 0.383 e. The molecule has 2 N–H and O–H groups in total. The highest BCUT2D eigenvalue weighted by molar-refractivity contribution is 5.53. The van der Waals surface area contributed by atoms with Crippen molar-refractivity contribution in [3.63, 3.8) is 0 Å². The van der Waals surface area contributed by atoms with Gasteiger partial charge in [0.1, 0.15) is 5.82 Å². The molecule has 0 aliphatic carbocycles. The van der Waals surface area contributed by atoms with Gasteiger partial charge >= 0.3 is 0 Å². The van der Waals surface area contributed by atoms with Crippen LogP contribution in [0.3, 0.4) is 0 Å². The summed E-state index contributed by atoms with van der Waals surface area (Å²) in [6, 6.07) is 5.71. The van der Waals surface area contributed by atoms with E-state index in [4.69, 9.17) is 15.0 Å². The highest BCUT2D eigenvalue weighted by Crippen LogP contribution is 2.16. The van der Waals surface area contributed by atoms with Gasteiger partial charge in [-0.2, -0.15) is 4.98 Å². The van der Waals surface area contributed by atoms with Gasteiger partial charge in [-0.05, 0) is 24.3 Å². The first-order chi connectivity index (χ1) is 8.69. The highest BCUT2D eigenvalue weighted by atomic mass is 19.1. The molecule has 0 amide bonds. The van der Waals surface area contributed by atoms with Crippen molar-refractivity contribution in [2.24, 2.45) is 5.73 Å². The molecule has 2 rings (SSSR count). The lowest BCUT2D eigenvalue weighted by Gasteiger charge is -2.05. The predicted octanol–water partition coefficient (Wildman–Crippen LogP) is 1.39. The van der Waals surface area contributed by atoms with Gasteiger partial charge in [0, 0.05) is 25.1 Å². The maximum Gasteiger partial charge on any atom is 0.228 e. The molecule has 0 fully saturated rings. The van der Waals surface area contributed by atoms with Gasteiger partial charge in [0.25, 0.3) is 0 Å². The molecule has 96 valence electrons. The molecular formula is C12H14FN3O2. The molecule has 1 aromatic carbocycles. The molecule has 0 saturated carbocycles. The summed E-state index contributed by atoms with van der Waals surface area (Å²) in [5, 5.41) is 3.82. The van der Waals surface area contributed by atoms with Crippen LogP contribution in [0.25, 0.3) is 11.4 Å². The Morgan fingerprint density at radius 2 is 2.11 bits per heavy atom. The van der Waals surface area contributed by atoms with Gasteiger partial charge in [0.2, 0.25) is 11.7 Å². The Balaban J connectivity index is 2.08. The van der Waals surface area contributed by atoms with E-state index in [0.717, 1.165) is 0 Å². The fraction of sp³-hybridized carbons (Fsp3) is 0.333. The molecule has 1 aromatic heterocycles. The maximum atomic E-state index is 12.8. The van der Waals surface area contributed by atoms with Gasteiger partial charge in [0.05, 0.1) is 6.61 Å². The molecule has 5 nitrogen and oxygen atoms in total. The lowest BCUT2D eigenvalue weighted by molar-refractivity contribution is 0.176. The Kier molecular flexibility index (Phi) is 4.01. The summed E-state index contributed by atoms with van der Waals surface area (Å²) in [6.07, 6.45) is 0.446. The van der Waals surface area contributed by atoms with Crippen molar-refractivity contribution < 1.29 is 13.7 Å². The molecule has 2 aromatic rings. The topological polar surface area (TPSA) is 74.2 Å². The van der Waals surface area contributed by atoms with E-state index in [-0.39, 0.29) is 11.9 Å². The number of nitrogens with zero attached hydrogens (tertiary/aromatic N) is 2. The molecule has 1 atom stereocenters. The van der Waals surface area contributed by atoms with Crippen LogP contribution in [0.1, 0.15) is 5.89 Å². The summed E-state index contributed by atoms with van der Waals surface area (Å²) in [7, 11) is 1.58. The zero-order valence-electron chi connectivity index (χ0n) is 9.97. The van der Waals surface area contributed by atoms with Crippen LogP contribution in [0.2, 0.25) is 0 Å².